The van der Waals surface area contributed by atoms with E-state index in [9.17, 15) is 18.4 Å². The van der Waals surface area contributed by atoms with Gasteiger partial charge in [0.15, 0.2) is 0 Å². The normalized spacial score (nSPS) is 15.0. The van der Waals surface area contributed by atoms with Gasteiger partial charge in [0, 0.05) is 29.2 Å². The van der Waals surface area contributed by atoms with E-state index < -0.39 is 6.61 Å². The number of nitrogens with zero attached hydrogens (tertiary/aromatic N) is 1. The zero-order valence-electron chi connectivity index (χ0n) is 16.9. The number of thioether (sulfide) groups is 1. The molecular formula is C22H19ClF2N2O3S2. The molecule has 1 N–H and O–H groups in total. The number of alkyl halides is 2. The average Bonchev–Trinajstić information content (AvgIpc) is 3.00. The lowest BCUT2D eigenvalue weighted by molar-refractivity contribution is -0.122. The monoisotopic (exact) mass is 496 g/mol. The lowest BCUT2D eigenvalue weighted by atomic mass is 10.2. The summed E-state index contributed by atoms with van der Waals surface area (Å²) in [5.41, 5.74) is 1.77. The van der Waals surface area contributed by atoms with E-state index in [4.69, 9.17) is 23.8 Å². The van der Waals surface area contributed by atoms with Crippen LogP contribution in [0.4, 0.5) is 14.5 Å². The number of nitrogens with one attached hydrogen (secondary N) is 1. The standard InChI is InChI=1S/C22H19ClF2N2O3S2/c1-13-15(23)7-4-8-16(13)26-19(28)10-5-11-27-20(29)18(32-22(27)31)12-14-6-2-3-9-17(14)30-21(24)25/h2-4,6-9,12,21H,5,10-11H2,1H3,(H,26,28). The van der Waals surface area contributed by atoms with Crippen LogP contribution in [0, 0.1) is 6.92 Å². The summed E-state index contributed by atoms with van der Waals surface area (Å²) in [5.74, 6) is -0.562. The van der Waals surface area contributed by atoms with E-state index in [0.717, 1.165) is 17.3 Å². The molecule has 168 valence electrons. The number of carbonyl (C=O) groups excluding carboxylic acids is 2. The number of amides is 2. The first-order valence-electron chi connectivity index (χ1n) is 9.60. The number of carbonyl (C=O) groups is 2. The lowest BCUT2D eigenvalue weighted by Crippen LogP contribution is -2.29. The topological polar surface area (TPSA) is 58.6 Å². The Labute approximate surface area is 198 Å². The Hall–Kier alpha value is -2.49. The molecule has 0 spiro atoms. The van der Waals surface area contributed by atoms with Crippen LogP contribution in [-0.2, 0) is 9.59 Å². The summed E-state index contributed by atoms with van der Waals surface area (Å²) in [6.45, 7) is -0.894. The fourth-order valence-corrected chi connectivity index (χ4v) is 4.46. The molecule has 2 amide bonds. The van der Waals surface area contributed by atoms with E-state index >= 15 is 0 Å². The largest absolute Gasteiger partial charge is 0.434 e. The second-order valence-electron chi connectivity index (χ2n) is 6.81. The second-order valence-corrected chi connectivity index (χ2v) is 8.90. The van der Waals surface area contributed by atoms with Crippen molar-refractivity contribution < 1.29 is 23.1 Å². The number of para-hydroxylation sites is 1. The highest BCUT2D eigenvalue weighted by Crippen LogP contribution is 2.34. The molecule has 10 heteroatoms. The molecule has 5 nitrogen and oxygen atoms in total. The highest BCUT2D eigenvalue weighted by atomic mass is 35.5. The van der Waals surface area contributed by atoms with Crippen LogP contribution in [0.15, 0.2) is 47.4 Å². The Morgan fingerprint density at radius 2 is 2.03 bits per heavy atom. The van der Waals surface area contributed by atoms with Gasteiger partial charge in [0.2, 0.25) is 5.91 Å². The van der Waals surface area contributed by atoms with Gasteiger partial charge in [-0.25, -0.2) is 0 Å². The molecule has 1 aliphatic heterocycles. The van der Waals surface area contributed by atoms with Crippen molar-refractivity contribution in [2.75, 3.05) is 11.9 Å². The Bertz CT molecular complexity index is 1080. The Balaban J connectivity index is 1.59. The zero-order valence-corrected chi connectivity index (χ0v) is 19.3. The van der Waals surface area contributed by atoms with Gasteiger partial charge < -0.3 is 10.1 Å². The van der Waals surface area contributed by atoms with Crippen molar-refractivity contribution in [3.05, 3.63) is 63.5 Å². The van der Waals surface area contributed by atoms with Crippen LogP contribution in [-0.4, -0.2) is 34.2 Å². The van der Waals surface area contributed by atoms with Gasteiger partial charge in [0.1, 0.15) is 10.1 Å². The molecule has 1 heterocycles. The highest BCUT2D eigenvalue weighted by molar-refractivity contribution is 8.26. The van der Waals surface area contributed by atoms with Gasteiger partial charge in [-0.3, -0.25) is 14.5 Å². The van der Waals surface area contributed by atoms with Crippen molar-refractivity contribution in [2.45, 2.75) is 26.4 Å². The fourth-order valence-electron chi connectivity index (χ4n) is 2.99. The van der Waals surface area contributed by atoms with Crippen molar-refractivity contribution >= 4 is 63.5 Å². The molecule has 2 aromatic carbocycles. The third-order valence-electron chi connectivity index (χ3n) is 4.62. The number of anilines is 1. The summed E-state index contributed by atoms with van der Waals surface area (Å²) in [6.07, 6.45) is 2.06. The predicted molar refractivity (Wildman–Crippen MR) is 127 cm³/mol. The number of ether oxygens (including phenoxy) is 1. The third kappa shape index (κ3) is 6.05. The maximum atomic E-state index is 12.7. The molecule has 0 aliphatic carbocycles. The summed E-state index contributed by atoms with van der Waals surface area (Å²) < 4.78 is 30.1. The van der Waals surface area contributed by atoms with Gasteiger partial charge in [-0.1, -0.05) is 59.8 Å². The molecule has 1 fully saturated rings. The van der Waals surface area contributed by atoms with E-state index in [1.807, 2.05) is 6.92 Å². The summed E-state index contributed by atoms with van der Waals surface area (Å²) in [6, 6.07) is 11.5. The van der Waals surface area contributed by atoms with Crippen LogP contribution >= 0.6 is 35.6 Å². The molecule has 2 aromatic rings. The van der Waals surface area contributed by atoms with Crippen LogP contribution < -0.4 is 10.1 Å². The molecule has 0 bridgehead atoms. The van der Waals surface area contributed by atoms with E-state index in [-0.39, 0.29) is 30.5 Å². The van der Waals surface area contributed by atoms with Gasteiger partial charge in [-0.05, 0) is 43.2 Å². The number of rotatable bonds is 8. The van der Waals surface area contributed by atoms with Crippen LogP contribution in [0.1, 0.15) is 24.0 Å². The first-order valence-corrected chi connectivity index (χ1v) is 11.2. The van der Waals surface area contributed by atoms with Gasteiger partial charge in [0.25, 0.3) is 5.91 Å². The highest BCUT2D eigenvalue weighted by Gasteiger charge is 2.32. The zero-order chi connectivity index (χ0) is 23.3. The van der Waals surface area contributed by atoms with E-state index in [1.54, 1.807) is 36.4 Å². The Morgan fingerprint density at radius 3 is 2.78 bits per heavy atom. The number of hydrogen-bond acceptors (Lipinski definition) is 5. The first-order chi connectivity index (χ1) is 15.3. The Kier molecular flexibility index (Phi) is 8.22. The fraction of sp³-hybridized carbons (Fsp3) is 0.227. The molecule has 0 radical (unpaired) electrons. The van der Waals surface area contributed by atoms with Crippen molar-refractivity contribution in [3.8, 4) is 5.75 Å². The molecule has 1 aliphatic rings. The van der Waals surface area contributed by atoms with Gasteiger partial charge in [-0.2, -0.15) is 8.78 Å². The van der Waals surface area contributed by atoms with Crippen molar-refractivity contribution in [1.82, 2.24) is 4.90 Å². The quantitative estimate of drug-likeness (QED) is 0.366. The van der Waals surface area contributed by atoms with E-state index in [2.05, 4.69) is 10.1 Å². The minimum absolute atomic E-state index is 0.0271. The number of thiocarbonyl (C=S) groups is 1. The minimum atomic E-state index is -2.97. The van der Waals surface area contributed by atoms with Crippen molar-refractivity contribution in [2.24, 2.45) is 0 Å². The van der Waals surface area contributed by atoms with E-state index in [1.165, 1.54) is 17.0 Å². The predicted octanol–water partition coefficient (Wildman–Crippen LogP) is 5.87. The van der Waals surface area contributed by atoms with Crippen LogP contribution in [0.2, 0.25) is 5.02 Å². The smallest absolute Gasteiger partial charge is 0.387 e. The van der Waals surface area contributed by atoms with Gasteiger partial charge >= 0.3 is 6.61 Å². The SMILES string of the molecule is Cc1c(Cl)cccc1NC(=O)CCCN1C(=O)C(=Cc2ccccc2OC(F)F)SC1=S. The van der Waals surface area contributed by atoms with Crippen LogP contribution in [0.3, 0.4) is 0 Å². The van der Waals surface area contributed by atoms with Gasteiger partial charge in [0.05, 0.1) is 4.91 Å². The summed E-state index contributed by atoms with van der Waals surface area (Å²) in [7, 11) is 0. The minimum Gasteiger partial charge on any atom is -0.434 e. The van der Waals surface area contributed by atoms with Crippen LogP contribution in [0.25, 0.3) is 6.08 Å². The molecule has 0 unspecified atom stereocenters. The van der Waals surface area contributed by atoms with Gasteiger partial charge in [-0.15, -0.1) is 0 Å². The molecule has 32 heavy (non-hydrogen) atoms. The van der Waals surface area contributed by atoms with Crippen molar-refractivity contribution in [3.63, 3.8) is 0 Å². The Morgan fingerprint density at radius 1 is 1.28 bits per heavy atom. The molecule has 0 atom stereocenters. The maximum Gasteiger partial charge on any atom is 0.387 e. The molecule has 0 saturated carbocycles. The molecule has 0 aromatic heterocycles. The average molecular weight is 497 g/mol. The first kappa shape index (κ1) is 24.2. The number of benzene rings is 2. The van der Waals surface area contributed by atoms with Crippen LogP contribution in [0.5, 0.6) is 5.75 Å². The molecule has 1 saturated heterocycles. The second kappa shape index (κ2) is 10.9. The molecular weight excluding hydrogens is 478 g/mol. The van der Waals surface area contributed by atoms with E-state index in [0.29, 0.717) is 31.9 Å². The molecule has 3 rings (SSSR count). The summed E-state index contributed by atoms with van der Waals surface area (Å²) >= 11 is 12.4. The lowest BCUT2D eigenvalue weighted by Gasteiger charge is -2.14. The third-order valence-corrected chi connectivity index (χ3v) is 6.41. The summed E-state index contributed by atoms with van der Waals surface area (Å²) in [5, 5.41) is 3.37. The van der Waals surface area contributed by atoms with Crippen molar-refractivity contribution in [1.29, 1.82) is 0 Å². The number of hydrogen-bond donors (Lipinski definition) is 1. The number of halogens is 3. The maximum absolute atomic E-state index is 12.7. The summed E-state index contributed by atoms with van der Waals surface area (Å²) in [4.78, 5) is 26.7.